The third kappa shape index (κ3) is 5.65. The molecule has 0 amide bonds. The minimum Gasteiger partial charge on any atom is -0.315 e. The molecule has 1 aromatic carbocycles. The maximum absolute atomic E-state index is 3.58. The summed E-state index contributed by atoms with van der Waals surface area (Å²) in [5, 5.41) is 7.06. The second kappa shape index (κ2) is 7.55. The van der Waals surface area contributed by atoms with Gasteiger partial charge in [-0.05, 0) is 44.4 Å². The van der Waals surface area contributed by atoms with Gasteiger partial charge in [-0.3, -0.25) is 0 Å². The van der Waals surface area contributed by atoms with Crippen molar-refractivity contribution in [3.8, 4) is 0 Å². The Morgan fingerprint density at radius 2 is 1.78 bits per heavy atom. The van der Waals surface area contributed by atoms with Crippen molar-refractivity contribution in [2.75, 3.05) is 13.1 Å². The van der Waals surface area contributed by atoms with Crippen molar-refractivity contribution >= 4 is 0 Å². The maximum atomic E-state index is 3.58. The fraction of sp³-hybridized carbons (Fsp3) is 0.625. The Morgan fingerprint density at radius 1 is 1.06 bits per heavy atom. The minimum absolute atomic E-state index is 0.503. The van der Waals surface area contributed by atoms with Crippen molar-refractivity contribution in [1.29, 1.82) is 0 Å². The molecule has 102 valence electrons. The van der Waals surface area contributed by atoms with Crippen LogP contribution in [0.2, 0.25) is 0 Å². The monoisotopic (exact) mass is 248 g/mol. The lowest BCUT2D eigenvalue weighted by Gasteiger charge is -2.17. The molecule has 2 N–H and O–H groups in total. The summed E-state index contributed by atoms with van der Waals surface area (Å²) in [7, 11) is 0. The van der Waals surface area contributed by atoms with Gasteiger partial charge in [0.05, 0.1) is 0 Å². The molecule has 2 nitrogen and oxygen atoms in total. The maximum Gasteiger partial charge on any atom is 0.0211 e. The van der Waals surface area contributed by atoms with Gasteiger partial charge in [-0.25, -0.2) is 0 Å². The second-order valence-corrected chi connectivity index (χ2v) is 5.76. The Morgan fingerprint density at radius 3 is 2.44 bits per heavy atom. The van der Waals surface area contributed by atoms with Gasteiger partial charge in [0.1, 0.15) is 0 Å². The van der Waals surface area contributed by atoms with Crippen molar-refractivity contribution in [3.05, 3.63) is 34.9 Å². The van der Waals surface area contributed by atoms with Crippen LogP contribution < -0.4 is 10.6 Å². The standard InChI is InChI=1S/C16H28N2/c1-12(2)9-17-10-15(5)18-11-16-8-13(3)6-7-14(16)4/h6-8,12,15,17-18H,9-11H2,1-5H3. The van der Waals surface area contributed by atoms with Crippen LogP contribution in [0, 0.1) is 19.8 Å². The lowest BCUT2D eigenvalue weighted by atomic mass is 10.1. The normalized spacial score (nSPS) is 13.0. The molecule has 0 aliphatic heterocycles. The lowest BCUT2D eigenvalue weighted by molar-refractivity contribution is 0.472. The molecule has 1 aromatic rings. The van der Waals surface area contributed by atoms with E-state index in [1.165, 1.54) is 16.7 Å². The molecule has 0 aromatic heterocycles. The summed E-state index contributed by atoms with van der Waals surface area (Å²) >= 11 is 0. The van der Waals surface area contributed by atoms with Crippen LogP contribution in [-0.4, -0.2) is 19.1 Å². The summed E-state index contributed by atoms with van der Waals surface area (Å²) in [4.78, 5) is 0. The van der Waals surface area contributed by atoms with Gasteiger partial charge in [0.2, 0.25) is 0 Å². The smallest absolute Gasteiger partial charge is 0.0211 e. The summed E-state index contributed by atoms with van der Waals surface area (Å²) < 4.78 is 0. The van der Waals surface area contributed by atoms with E-state index in [9.17, 15) is 0 Å². The Kier molecular flexibility index (Phi) is 6.37. The van der Waals surface area contributed by atoms with E-state index in [1.807, 2.05) is 0 Å². The Balaban J connectivity index is 2.33. The zero-order chi connectivity index (χ0) is 13.5. The zero-order valence-electron chi connectivity index (χ0n) is 12.5. The van der Waals surface area contributed by atoms with Gasteiger partial charge in [-0.2, -0.15) is 0 Å². The molecule has 0 saturated heterocycles. The lowest BCUT2D eigenvalue weighted by Crippen LogP contribution is -2.37. The van der Waals surface area contributed by atoms with Gasteiger partial charge in [0.15, 0.2) is 0 Å². The van der Waals surface area contributed by atoms with Crippen LogP contribution in [0.15, 0.2) is 18.2 Å². The van der Waals surface area contributed by atoms with Gasteiger partial charge in [-0.1, -0.05) is 37.6 Å². The minimum atomic E-state index is 0.503. The Hall–Kier alpha value is -0.860. The van der Waals surface area contributed by atoms with Gasteiger partial charge in [-0.15, -0.1) is 0 Å². The molecule has 0 aliphatic rings. The molecular weight excluding hydrogens is 220 g/mol. The number of hydrogen-bond donors (Lipinski definition) is 2. The van der Waals surface area contributed by atoms with Gasteiger partial charge in [0.25, 0.3) is 0 Å². The van der Waals surface area contributed by atoms with Crippen LogP contribution in [-0.2, 0) is 6.54 Å². The van der Waals surface area contributed by atoms with Crippen molar-refractivity contribution < 1.29 is 0 Å². The molecule has 1 unspecified atom stereocenters. The largest absolute Gasteiger partial charge is 0.315 e. The SMILES string of the molecule is Cc1ccc(C)c(CNC(C)CNCC(C)C)c1. The molecule has 0 spiro atoms. The second-order valence-electron chi connectivity index (χ2n) is 5.76. The summed E-state index contributed by atoms with van der Waals surface area (Å²) in [5.41, 5.74) is 4.11. The Labute approximate surface area is 112 Å². The van der Waals surface area contributed by atoms with Crippen LogP contribution >= 0.6 is 0 Å². The van der Waals surface area contributed by atoms with Crippen molar-refractivity contribution in [1.82, 2.24) is 10.6 Å². The van der Waals surface area contributed by atoms with E-state index in [-0.39, 0.29) is 0 Å². The number of nitrogens with one attached hydrogen (secondary N) is 2. The highest BCUT2D eigenvalue weighted by atomic mass is 15.0. The first-order valence-corrected chi connectivity index (χ1v) is 6.99. The van der Waals surface area contributed by atoms with Crippen molar-refractivity contribution in [2.45, 2.75) is 47.2 Å². The molecule has 18 heavy (non-hydrogen) atoms. The van der Waals surface area contributed by atoms with E-state index in [0.717, 1.165) is 25.6 Å². The fourth-order valence-electron chi connectivity index (χ4n) is 1.94. The van der Waals surface area contributed by atoms with Gasteiger partial charge in [0, 0.05) is 19.1 Å². The summed E-state index contributed by atoms with van der Waals surface area (Å²) in [6.07, 6.45) is 0. The first kappa shape index (κ1) is 15.2. The van der Waals surface area contributed by atoms with E-state index in [2.05, 4.69) is 63.5 Å². The molecule has 0 radical (unpaired) electrons. The zero-order valence-corrected chi connectivity index (χ0v) is 12.5. The van der Waals surface area contributed by atoms with Gasteiger partial charge < -0.3 is 10.6 Å². The molecule has 0 bridgehead atoms. The van der Waals surface area contributed by atoms with Crippen LogP contribution in [0.25, 0.3) is 0 Å². The molecule has 1 atom stereocenters. The van der Waals surface area contributed by atoms with E-state index in [1.54, 1.807) is 0 Å². The molecule has 1 rings (SSSR count). The molecule has 0 saturated carbocycles. The summed E-state index contributed by atoms with van der Waals surface area (Å²) in [6, 6.07) is 7.15. The number of aryl methyl sites for hydroxylation is 2. The van der Waals surface area contributed by atoms with Crippen LogP contribution in [0.4, 0.5) is 0 Å². The van der Waals surface area contributed by atoms with Crippen molar-refractivity contribution in [3.63, 3.8) is 0 Å². The average molecular weight is 248 g/mol. The number of rotatable bonds is 7. The quantitative estimate of drug-likeness (QED) is 0.775. The predicted molar refractivity (Wildman–Crippen MR) is 79.9 cm³/mol. The van der Waals surface area contributed by atoms with Crippen LogP contribution in [0.3, 0.4) is 0 Å². The molecule has 0 fully saturated rings. The highest BCUT2D eigenvalue weighted by Gasteiger charge is 2.03. The van der Waals surface area contributed by atoms with Crippen LogP contribution in [0.1, 0.15) is 37.5 Å². The molecule has 0 heterocycles. The third-order valence-corrected chi connectivity index (χ3v) is 3.15. The van der Waals surface area contributed by atoms with Crippen LogP contribution in [0.5, 0.6) is 0 Å². The third-order valence-electron chi connectivity index (χ3n) is 3.15. The fourth-order valence-corrected chi connectivity index (χ4v) is 1.94. The molecule has 2 heteroatoms. The predicted octanol–water partition coefficient (Wildman–Crippen LogP) is 3.03. The average Bonchev–Trinajstić information content (AvgIpc) is 2.30. The molecule has 0 aliphatic carbocycles. The number of hydrogen-bond acceptors (Lipinski definition) is 2. The van der Waals surface area contributed by atoms with E-state index in [0.29, 0.717) is 6.04 Å². The highest BCUT2D eigenvalue weighted by molar-refractivity contribution is 5.30. The van der Waals surface area contributed by atoms with E-state index in [4.69, 9.17) is 0 Å². The molecular formula is C16H28N2. The summed E-state index contributed by atoms with van der Waals surface area (Å²) in [5.74, 6) is 0.719. The number of benzene rings is 1. The van der Waals surface area contributed by atoms with E-state index >= 15 is 0 Å². The Bertz CT molecular complexity index is 358. The highest BCUT2D eigenvalue weighted by Crippen LogP contribution is 2.10. The topological polar surface area (TPSA) is 24.1 Å². The van der Waals surface area contributed by atoms with E-state index < -0.39 is 0 Å². The van der Waals surface area contributed by atoms with Gasteiger partial charge >= 0.3 is 0 Å². The summed E-state index contributed by atoms with van der Waals surface area (Å²) in [6.45, 7) is 14.1. The first-order chi connectivity index (χ1) is 8.49. The van der Waals surface area contributed by atoms with Crippen molar-refractivity contribution in [2.24, 2.45) is 5.92 Å². The first-order valence-electron chi connectivity index (χ1n) is 6.99.